The number of benzene rings is 1. The molecule has 0 saturated carbocycles. The van der Waals surface area contributed by atoms with Crippen molar-refractivity contribution in [3.05, 3.63) is 45.5 Å². The van der Waals surface area contributed by atoms with E-state index in [0.29, 0.717) is 5.56 Å². The van der Waals surface area contributed by atoms with Gasteiger partial charge >= 0.3 is 0 Å². The van der Waals surface area contributed by atoms with E-state index in [-0.39, 0.29) is 0 Å². The summed E-state index contributed by atoms with van der Waals surface area (Å²) in [6.45, 7) is 1.38. The highest BCUT2D eigenvalue weighted by Gasteiger charge is 2.15. The summed E-state index contributed by atoms with van der Waals surface area (Å²) in [5.41, 5.74) is 1.50. The van der Waals surface area contributed by atoms with Crippen molar-refractivity contribution < 1.29 is 10.0 Å². The zero-order chi connectivity index (χ0) is 9.84. The first-order valence-electron chi connectivity index (χ1n) is 3.96. The van der Waals surface area contributed by atoms with E-state index in [0.717, 1.165) is 5.56 Å². The number of nitrogens with zero attached hydrogens (tertiary/aromatic N) is 1. The highest BCUT2D eigenvalue weighted by Crippen LogP contribution is 2.16. The first kappa shape index (κ1) is 9.67. The smallest absolute Gasteiger partial charge is 0.233 e. The minimum atomic E-state index is -1.00. The van der Waals surface area contributed by atoms with Crippen LogP contribution < -0.4 is 0 Å². The van der Waals surface area contributed by atoms with Crippen molar-refractivity contribution in [2.24, 2.45) is 0 Å². The topological polar surface area (TPSA) is 63.4 Å². The van der Waals surface area contributed by atoms with E-state index in [2.05, 4.69) is 0 Å². The van der Waals surface area contributed by atoms with Gasteiger partial charge in [0.2, 0.25) is 6.54 Å². The molecule has 1 atom stereocenters. The maximum Gasteiger partial charge on any atom is 0.233 e. The van der Waals surface area contributed by atoms with Crippen LogP contribution in [0.15, 0.2) is 24.3 Å². The van der Waals surface area contributed by atoms with Gasteiger partial charge in [-0.3, -0.25) is 10.1 Å². The fourth-order valence-corrected chi connectivity index (χ4v) is 1.20. The Morgan fingerprint density at radius 2 is 2.15 bits per heavy atom. The van der Waals surface area contributed by atoms with Crippen LogP contribution in [0.4, 0.5) is 0 Å². The van der Waals surface area contributed by atoms with Crippen LogP contribution in [0.1, 0.15) is 17.2 Å². The maximum absolute atomic E-state index is 10.1. The lowest BCUT2D eigenvalue weighted by Gasteiger charge is -2.08. The third-order valence-electron chi connectivity index (χ3n) is 1.87. The fourth-order valence-electron chi connectivity index (χ4n) is 1.20. The van der Waals surface area contributed by atoms with E-state index >= 15 is 0 Å². The van der Waals surface area contributed by atoms with Gasteiger partial charge in [0.15, 0.2) is 0 Å². The molecule has 1 rings (SSSR count). The lowest BCUT2D eigenvalue weighted by molar-refractivity contribution is -0.491. The molecule has 0 spiro atoms. The van der Waals surface area contributed by atoms with Crippen LogP contribution in [0.3, 0.4) is 0 Å². The molecule has 0 aromatic heterocycles. The van der Waals surface area contributed by atoms with E-state index in [4.69, 9.17) is 0 Å². The summed E-state index contributed by atoms with van der Waals surface area (Å²) in [5.74, 6) is 0. The number of rotatable bonds is 3. The van der Waals surface area contributed by atoms with Crippen molar-refractivity contribution in [3.63, 3.8) is 0 Å². The van der Waals surface area contributed by atoms with E-state index < -0.39 is 17.6 Å². The molecule has 0 saturated heterocycles. The molecule has 4 nitrogen and oxygen atoms in total. The molecule has 0 aliphatic rings. The van der Waals surface area contributed by atoms with Gasteiger partial charge in [0.1, 0.15) is 6.10 Å². The summed E-state index contributed by atoms with van der Waals surface area (Å²) in [4.78, 5) is 9.62. The van der Waals surface area contributed by atoms with Crippen molar-refractivity contribution in [2.45, 2.75) is 13.0 Å². The van der Waals surface area contributed by atoms with Crippen molar-refractivity contribution >= 4 is 0 Å². The van der Waals surface area contributed by atoms with E-state index in [9.17, 15) is 15.2 Å². The Morgan fingerprint density at radius 3 is 2.69 bits per heavy atom. The number of nitro groups is 1. The minimum Gasteiger partial charge on any atom is -0.382 e. The average Bonchev–Trinajstić information content (AvgIpc) is 2.03. The lowest BCUT2D eigenvalue weighted by Crippen LogP contribution is -2.12. The highest BCUT2D eigenvalue weighted by atomic mass is 16.6. The number of aryl methyl sites for hydroxylation is 1. The van der Waals surface area contributed by atoms with Crippen molar-refractivity contribution in [2.75, 3.05) is 6.54 Å². The van der Waals surface area contributed by atoms with Crippen LogP contribution in [0.25, 0.3) is 0 Å². The summed E-state index contributed by atoms with van der Waals surface area (Å²) in [7, 11) is 0. The molecule has 1 aromatic carbocycles. The van der Waals surface area contributed by atoms with Crippen molar-refractivity contribution in [1.29, 1.82) is 0 Å². The molecule has 4 heteroatoms. The number of aliphatic hydroxyl groups is 1. The predicted molar refractivity (Wildman–Crippen MR) is 48.0 cm³/mol. The maximum atomic E-state index is 10.1. The minimum absolute atomic E-state index is 0.440. The highest BCUT2D eigenvalue weighted by molar-refractivity contribution is 5.27. The van der Waals surface area contributed by atoms with Crippen LogP contribution in [-0.2, 0) is 0 Å². The number of aliphatic hydroxyl groups excluding tert-OH is 1. The van der Waals surface area contributed by atoms with Gasteiger partial charge in [-0.05, 0) is 18.1 Å². The third-order valence-corrected chi connectivity index (χ3v) is 1.87. The Hall–Kier alpha value is -1.42. The SMILES string of the molecule is Cc1ccccc1[C@H](O)C[N+](=O)[O-]. The van der Waals surface area contributed by atoms with Gasteiger partial charge < -0.3 is 5.11 Å². The normalized spacial score (nSPS) is 12.5. The molecule has 0 aliphatic heterocycles. The Bertz CT molecular complexity index is 311. The van der Waals surface area contributed by atoms with Crippen LogP contribution >= 0.6 is 0 Å². The summed E-state index contributed by atoms with van der Waals surface area (Å²) in [5, 5.41) is 19.6. The largest absolute Gasteiger partial charge is 0.382 e. The van der Waals surface area contributed by atoms with E-state index in [1.807, 2.05) is 19.1 Å². The standard InChI is InChI=1S/C9H11NO3/c1-7-4-2-3-5-8(7)9(11)6-10(12)13/h2-5,9,11H,6H2,1H3/t9-/m1/s1. The Labute approximate surface area is 76.0 Å². The Balaban J connectivity index is 2.82. The van der Waals surface area contributed by atoms with Gasteiger partial charge in [0, 0.05) is 4.92 Å². The van der Waals surface area contributed by atoms with E-state index in [1.54, 1.807) is 12.1 Å². The van der Waals surface area contributed by atoms with Crippen LogP contribution in [0.5, 0.6) is 0 Å². The molecule has 0 radical (unpaired) electrons. The molecule has 1 aromatic rings. The second-order valence-electron chi connectivity index (χ2n) is 2.89. The first-order chi connectivity index (χ1) is 6.11. The summed E-state index contributed by atoms with van der Waals surface area (Å²) in [6, 6.07) is 7.10. The first-order valence-corrected chi connectivity index (χ1v) is 3.96. The average molecular weight is 181 g/mol. The zero-order valence-corrected chi connectivity index (χ0v) is 7.30. The van der Waals surface area contributed by atoms with E-state index in [1.165, 1.54) is 0 Å². The lowest BCUT2D eigenvalue weighted by atomic mass is 10.0. The molecule has 0 fully saturated rings. The van der Waals surface area contributed by atoms with Gasteiger partial charge in [-0.25, -0.2) is 0 Å². The molecule has 0 heterocycles. The van der Waals surface area contributed by atoms with Gasteiger partial charge in [0.25, 0.3) is 0 Å². The molecule has 1 N–H and O–H groups in total. The number of hydrogen-bond acceptors (Lipinski definition) is 3. The number of hydrogen-bond donors (Lipinski definition) is 1. The monoisotopic (exact) mass is 181 g/mol. The second kappa shape index (κ2) is 4.00. The van der Waals surface area contributed by atoms with Gasteiger partial charge in [-0.2, -0.15) is 0 Å². The molecule has 13 heavy (non-hydrogen) atoms. The molecular weight excluding hydrogens is 170 g/mol. The van der Waals surface area contributed by atoms with Crippen LogP contribution in [-0.4, -0.2) is 16.6 Å². The van der Waals surface area contributed by atoms with Gasteiger partial charge in [-0.1, -0.05) is 24.3 Å². The fraction of sp³-hybridized carbons (Fsp3) is 0.333. The second-order valence-corrected chi connectivity index (χ2v) is 2.89. The molecule has 0 aliphatic carbocycles. The quantitative estimate of drug-likeness (QED) is 0.564. The Kier molecular flexibility index (Phi) is 2.97. The van der Waals surface area contributed by atoms with Crippen molar-refractivity contribution in [3.8, 4) is 0 Å². The molecular formula is C9H11NO3. The summed E-state index contributed by atoms with van der Waals surface area (Å²) < 4.78 is 0. The molecule has 0 bridgehead atoms. The summed E-state index contributed by atoms with van der Waals surface area (Å²) in [6.07, 6.45) is -1.00. The van der Waals surface area contributed by atoms with Gasteiger partial charge in [0.05, 0.1) is 0 Å². The van der Waals surface area contributed by atoms with Gasteiger partial charge in [-0.15, -0.1) is 0 Å². The predicted octanol–water partition coefficient (Wildman–Crippen LogP) is 1.31. The molecule has 0 amide bonds. The summed E-state index contributed by atoms with van der Waals surface area (Å²) >= 11 is 0. The third kappa shape index (κ3) is 2.52. The molecule has 70 valence electrons. The van der Waals surface area contributed by atoms with Crippen molar-refractivity contribution in [1.82, 2.24) is 0 Å². The van der Waals surface area contributed by atoms with Crippen LogP contribution in [0, 0.1) is 17.0 Å². The van der Waals surface area contributed by atoms with Crippen LogP contribution in [0.2, 0.25) is 0 Å². The zero-order valence-electron chi connectivity index (χ0n) is 7.30. The molecule has 0 unspecified atom stereocenters. The Morgan fingerprint density at radius 1 is 1.54 bits per heavy atom.